The molecule has 0 aromatic heterocycles. The minimum absolute atomic E-state index is 0.558. The van der Waals surface area contributed by atoms with Crippen molar-refractivity contribution in [2.24, 2.45) is 0 Å². The molecule has 0 saturated carbocycles. The maximum Gasteiger partial charge on any atom is 0.0407 e. The van der Waals surface area contributed by atoms with E-state index in [1.807, 2.05) is 12.1 Å². The first kappa shape index (κ1) is 11.7. The van der Waals surface area contributed by atoms with Crippen molar-refractivity contribution in [1.82, 2.24) is 4.90 Å². The number of hydrogen-bond acceptors (Lipinski definition) is 2. The summed E-state index contributed by atoms with van der Waals surface area (Å²) in [6.45, 7) is 6.74. The van der Waals surface area contributed by atoms with Crippen molar-refractivity contribution >= 4 is 17.3 Å². The predicted octanol–water partition coefficient (Wildman–Crippen LogP) is 2.87. The Kier molecular flexibility index (Phi) is 3.41. The Balaban J connectivity index is 2.17. The molecule has 2 nitrogen and oxygen atoms in total. The molecule has 0 N–H and O–H groups in total. The first-order valence-electron chi connectivity index (χ1n) is 5.80. The van der Waals surface area contributed by atoms with Gasteiger partial charge in [0.2, 0.25) is 0 Å². The molecular weight excluding hydrogens is 220 g/mol. The van der Waals surface area contributed by atoms with Crippen molar-refractivity contribution in [2.75, 3.05) is 25.0 Å². The Hall–Kier alpha value is -0.730. The second-order valence-electron chi connectivity index (χ2n) is 4.77. The summed E-state index contributed by atoms with van der Waals surface area (Å²) in [6.07, 6.45) is 0. The molecular formula is C13H19ClN2. The van der Waals surface area contributed by atoms with Gasteiger partial charge in [0.25, 0.3) is 0 Å². The number of halogens is 1. The highest BCUT2D eigenvalue weighted by Gasteiger charge is 2.26. The van der Waals surface area contributed by atoms with Gasteiger partial charge in [-0.25, -0.2) is 0 Å². The molecule has 1 aromatic rings. The van der Waals surface area contributed by atoms with Gasteiger partial charge in [0, 0.05) is 35.9 Å². The highest BCUT2D eigenvalue weighted by Crippen LogP contribution is 2.23. The molecule has 0 aliphatic carbocycles. The lowest BCUT2D eigenvalue weighted by Crippen LogP contribution is -2.55. The summed E-state index contributed by atoms with van der Waals surface area (Å²) in [7, 11) is 2.19. The van der Waals surface area contributed by atoms with Gasteiger partial charge < -0.3 is 4.90 Å². The number of rotatable bonds is 1. The van der Waals surface area contributed by atoms with Gasteiger partial charge in [0.15, 0.2) is 0 Å². The van der Waals surface area contributed by atoms with Gasteiger partial charge >= 0.3 is 0 Å². The highest BCUT2D eigenvalue weighted by molar-refractivity contribution is 6.30. The fraction of sp³-hybridized carbons (Fsp3) is 0.538. The summed E-state index contributed by atoms with van der Waals surface area (Å²) in [5, 5.41) is 0.804. The first-order chi connectivity index (χ1) is 7.58. The smallest absolute Gasteiger partial charge is 0.0407 e. The normalized spacial score (nSPS) is 27.1. The summed E-state index contributed by atoms with van der Waals surface area (Å²) < 4.78 is 0. The van der Waals surface area contributed by atoms with Crippen LogP contribution in [0.2, 0.25) is 5.02 Å². The molecule has 0 radical (unpaired) electrons. The zero-order valence-corrected chi connectivity index (χ0v) is 10.9. The van der Waals surface area contributed by atoms with Gasteiger partial charge in [-0.15, -0.1) is 0 Å². The molecule has 1 aliphatic heterocycles. The molecule has 0 amide bonds. The molecule has 2 rings (SSSR count). The van der Waals surface area contributed by atoms with Crippen LogP contribution in [0.1, 0.15) is 13.8 Å². The molecule has 0 unspecified atom stereocenters. The monoisotopic (exact) mass is 238 g/mol. The molecule has 88 valence electrons. The third kappa shape index (κ3) is 2.33. The third-order valence-corrected chi connectivity index (χ3v) is 3.71. The third-order valence-electron chi connectivity index (χ3n) is 3.46. The second kappa shape index (κ2) is 4.64. The van der Waals surface area contributed by atoms with E-state index in [2.05, 4.69) is 42.8 Å². The van der Waals surface area contributed by atoms with Crippen LogP contribution >= 0.6 is 11.6 Å². The summed E-state index contributed by atoms with van der Waals surface area (Å²) in [4.78, 5) is 4.87. The average Bonchev–Trinajstić information content (AvgIpc) is 2.25. The summed E-state index contributed by atoms with van der Waals surface area (Å²) in [5.41, 5.74) is 1.27. The zero-order chi connectivity index (χ0) is 11.7. The van der Waals surface area contributed by atoms with Crippen molar-refractivity contribution < 1.29 is 0 Å². The number of piperazine rings is 1. The van der Waals surface area contributed by atoms with E-state index in [4.69, 9.17) is 11.6 Å². The quantitative estimate of drug-likeness (QED) is 0.743. The van der Waals surface area contributed by atoms with Crippen molar-refractivity contribution in [1.29, 1.82) is 0 Å². The lowest BCUT2D eigenvalue weighted by Gasteiger charge is -2.43. The molecule has 0 spiro atoms. The average molecular weight is 239 g/mol. The van der Waals surface area contributed by atoms with Crippen LogP contribution in [0, 0.1) is 0 Å². The van der Waals surface area contributed by atoms with Crippen LogP contribution in [-0.4, -0.2) is 37.1 Å². The molecule has 16 heavy (non-hydrogen) atoms. The largest absolute Gasteiger partial charge is 0.366 e. The topological polar surface area (TPSA) is 6.48 Å². The van der Waals surface area contributed by atoms with Crippen LogP contribution in [-0.2, 0) is 0 Å². The van der Waals surface area contributed by atoms with E-state index in [1.165, 1.54) is 5.69 Å². The van der Waals surface area contributed by atoms with Crippen LogP contribution in [0.5, 0.6) is 0 Å². The molecule has 1 aliphatic rings. The zero-order valence-electron chi connectivity index (χ0n) is 10.2. The number of hydrogen-bond donors (Lipinski definition) is 0. The van der Waals surface area contributed by atoms with E-state index in [-0.39, 0.29) is 0 Å². The van der Waals surface area contributed by atoms with Crippen molar-refractivity contribution in [3.05, 3.63) is 29.3 Å². The molecule has 0 bridgehead atoms. The molecule has 1 aromatic carbocycles. The number of nitrogens with zero attached hydrogens (tertiary/aromatic N) is 2. The molecule has 1 saturated heterocycles. The van der Waals surface area contributed by atoms with Crippen molar-refractivity contribution in [3.8, 4) is 0 Å². The van der Waals surface area contributed by atoms with Crippen molar-refractivity contribution in [3.63, 3.8) is 0 Å². The van der Waals surface area contributed by atoms with Gasteiger partial charge in [0.1, 0.15) is 0 Å². The van der Waals surface area contributed by atoms with Gasteiger partial charge in [-0.3, -0.25) is 4.90 Å². The van der Waals surface area contributed by atoms with Crippen LogP contribution in [0.4, 0.5) is 5.69 Å². The van der Waals surface area contributed by atoms with E-state index in [9.17, 15) is 0 Å². The predicted molar refractivity (Wildman–Crippen MR) is 70.4 cm³/mol. The van der Waals surface area contributed by atoms with Crippen LogP contribution in [0.25, 0.3) is 0 Å². The Labute approximate surface area is 103 Å². The Morgan fingerprint density at radius 3 is 2.31 bits per heavy atom. The highest BCUT2D eigenvalue weighted by atomic mass is 35.5. The van der Waals surface area contributed by atoms with Gasteiger partial charge in [0.05, 0.1) is 0 Å². The molecule has 1 fully saturated rings. The fourth-order valence-corrected chi connectivity index (χ4v) is 2.42. The second-order valence-corrected chi connectivity index (χ2v) is 5.20. The minimum atomic E-state index is 0.558. The summed E-state index contributed by atoms with van der Waals surface area (Å²) in [5.74, 6) is 0. The Bertz CT molecular complexity index is 349. The van der Waals surface area contributed by atoms with Crippen LogP contribution in [0.3, 0.4) is 0 Å². The van der Waals surface area contributed by atoms with Crippen molar-refractivity contribution in [2.45, 2.75) is 25.9 Å². The standard InChI is InChI=1S/C13H19ClN2/c1-10-9-16(11(2)8-15(10)3)13-6-4-12(14)5-7-13/h4-7,10-11H,8-9H2,1-3H3/t10-,11+/m0/s1. The molecule has 1 heterocycles. The van der Waals surface area contributed by atoms with Gasteiger partial charge in [-0.05, 0) is 45.2 Å². The maximum atomic E-state index is 5.91. The van der Waals surface area contributed by atoms with E-state index < -0.39 is 0 Å². The number of anilines is 1. The van der Waals surface area contributed by atoms with Crippen LogP contribution in [0.15, 0.2) is 24.3 Å². The molecule has 2 atom stereocenters. The Morgan fingerprint density at radius 1 is 1.06 bits per heavy atom. The van der Waals surface area contributed by atoms with E-state index in [0.717, 1.165) is 18.1 Å². The summed E-state index contributed by atoms with van der Waals surface area (Å²) in [6, 6.07) is 9.31. The maximum absolute atomic E-state index is 5.91. The first-order valence-corrected chi connectivity index (χ1v) is 6.18. The number of likely N-dealkylation sites (N-methyl/N-ethyl adjacent to an activating group) is 1. The minimum Gasteiger partial charge on any atom is -0.366 e. The summed E-state index contributed by atoms with van der Waals surface area (Å²) >= 11 is 5.91. The van der Waals surface area contributed by atoms with E-state index >= 15 is 0 Å². The molecule has 3 heteroatoms. The van der Waals surface area contributed by atoms with Gasteiger partial charge in [-0.1, -0.05) is 11.6 Å². The number of benzene rings is 1. The van der Waals surface area contributed by atoms with E-state index in [0.29, 0.717) is 12.1 Å². The lowest BCUT2D eigenvalue weighted by molar-refractivity contribution is 0.206. The van der Waals surface area contributed by atoms with E-state index in [1.54, 1.807) is 0 Å². The van der Waals surface area contributed by atoms with Crippen LogP contribution < -0.4 is 4.90 Å². The Morgan fingerprint density at radius 2 is 1.69 bits per heavy atom. The van der Waals surface area contributed by atoms with Gasteiger partial charge in [-0.2, -0.15) is 0 Å². The fourth-order valence-electron chi connectivity index (χ4n) is 2.29. The SMILES string of the molecule is C[C@@H]1CN(C)[C@@H](C)CN1c1ccc(Cl)cc1. The lowest BCUT2D eigenvalue weighted by atomic mass is 10.1.